The number of nitrogens with one attached hydrogen (secondary N) is 2. The van der Waals surface area contributed by atoms with Crippen LogP contribution in [0.2, 0.25) is 0 Å². The van der Waals surface area contributed by atoms with Crippen molar-refractivity contribution < 1.29 is 23.1 Å². The number of carbonyl (C=O) groups excluding carboxylic acids is 1. The largest absolute Gasteiger partial charge is 0.494 e. The van der Waals surface area contributed by atoms with E-state index in [1.54, 1.807) is 17.1 Å². The van der Waals surface area contributed by atoms with Crippen molar-refractivity contribution in [1.29, 1.82) is 0 Å². The Morgan fingerprint density at radius 2 is 2.10 bits per heavy atom. The lowest BCUT2D eigenvalue weighted by atomic mass is 10.0. The summed E-state index contributed by atoms with van der Waals surface area (Å²) in [6.07, 6.45) is -0.641. The van der Waals surface area contributed by atoms with Gasteiger partial charge in [-0.25, -0.2) is 4.99 Å². The standard InChI is InChI=1S/C20H22F3N5O2/c1-4-15(26-13-8-25-28(9-13)11(2)3)17-14-7-12(5-6-16(14)27-19(17)30)18(29)24-10-20(21,22)23/h5-9,11,27,30H,4,10H2,1-3H3,(H,24,29). The molecule has 0 aliphatic heterocycles. The summed E-state index contributed by atoms with van der Waals surface area (Å²) >= 11 is 0. The molecule has 0 radical (unpaired) electrons. The van der Waals surface area contributed by atoms with Gasteiger partial charge < -0.3 is 15.4 Å². The molecular formula is C20H22F3N5O2. The molecule has 160 valence electrons. The highest BCUT2D eigenvalue weighted by molar-refractivity contribution is 6.14. The van der Waals surface area contributed by atoms with Crippen LogP contribution in [-0.2, 0) is 0 Å². The summed E-state index contributed by atoms with van der Waals surface area (Å²) < 4.78 is 38.9. The Morgan fingerprint density at radius 3 is 2.70 bits per heavy atom. The second-order valence-corrected chi connectivity index (χ2v) is 7.09. The predicted molar refractivity (Wildman–Crippen MR) is 107 cm³/mol. The monoisotopic (exact) mass is 421 g/mol. The molecule has 2 aromatic heterocycles. The molecule has 3 N–H and O–H groups in total. The summed E-state index contributed by atoms with van der Waals surface area (Å²) in [6, 6.07) is 4.53. The zero-order chi connectivity index (χ0) is 22.1. The van der Waals surface area contributed by atoms with Crippen LogP contribution in [0.15, 0.2) is 35.6 Å². The molecule has 7 nitrogen and oxygen atoms in total. The molecule has 2 heterocycles. The maximum atomic E-state index is 12.4. The molecule has 0 bridgehead atoms. The van der Waals surface area contributed by atoms with Gasteiger partial charge in [0.1, 0.15) is 12.2 Å². The number of benzene rings is 1. The van der Waals surface area contributed by atoms with Crippen LogP contribution in [0.3, 0.4) is 0 Å². The molecule has 0 spiro atoms. The minimum Gasteiger partial charge on any atom is -0.494 e. The number of carbonyl (C=O) groups is 1. The molecule has 0 atom stereocenters. The van der Waals surface area contributed by atoms with Crippen LogP contribution in [0.4, 0.5) is 18.9 Å². The van der Waals surface area contributed by atoms with Crippen LogP contribution < -0.4 is 5.32 Å². The van der Waals surface area contributed by atoms with E-state index in [2.05, 4.69) is 15.1 Å². The van der Waals surface area contributed by atoms with Gasteiger partial charge in [-0.15, -0.1) is 0 Å². The van der Waals surface area contributed by atoms with Crippen LogP contribution >= 0.6 is 0 Å². The minimum absolute atomic E-state index is 0.0510. The smallest absolute Gasteiger partial charge is 0.405 e. The van der Waals surface area contributed by atoms with Crippen molar-refractivity contribution in [3.05, 3.63) is 41.7 Å². The Kier molecular flexibility index (Phi) is 5.86. The lowest BCUT2D eigenvalue weighted by Crippen LogP contribution is -2.33. The fraction of sp³-hybridized carbons (Fsp3) is 0.350. The van der Waals surface area contributed by atoms with Gasteiger partial charge in [0.25, 0.3) is 5.91 Å². The number of aliphatic imine (C=N–C) groups is 1. The van der Waals surface area contributed by atoms with Gasteiger partial charge in [0.05, 0.1) is 23.7 Å². The highest BCUT2D eigenvalue weighted by atomic mass is 19.4. The van der Waals surface area contributed by atoms with E-state index in [0.29, 0.717) is 34.3 Å². The summed E-state index contributed by atoms with van der Waals surface area (Å²) in [4.78, 5) is 19.5. The van der Waals surface area contributed by atoms with E-state index >= 15 is 0 Å². The van der Waals surface area contributed by atoms with Gasteiger partial charge in [-0.2, -0.15) is 18.3 Å². The number of aromatic amines is 1. The topological polar surface area (TPSA) is 95.3 Å². The number of rotatable bonds is 6. The highest BCUT2D eigenvalue weighted by Crippen LogP contribution is 2.31. The fourth-order valence-electron chi connectivity index (χ4n) is 3.03. The minimum atomic E-state index is -4.50. The third kappa shape index (κ3) is 4.64. The summed E-state index contributed by atoms with van der Waals surface area (Å²) in [5.74, 6) is -0.983. The summed E-state index contributed by atoms with van der Waals surface area (Å²) in [5, 5.41) is 17.0. The molecule has 3 rings (SSSR count). The molecule has 0 saturated heterocycles. The van der Waals surface area contributed by atoms with Crippen LogP contribution in [-0.4, -0.2) is 44.2 Å². The van der Waals surface area contributed by atoms with E-state index in [9.17, 15) is 23.1 Å². The Balaban J connectivity index is 2.00. The van der Waals surface area contributed by atoms with Crippen LogP contribution in [0.25, 0.3) is 10.9 Å². The van der Waals surface area contributed by atoms with Crippen molar-refractivity contribution in [2.75, 3.05) is 6.54 Å². The van der Waals surface area contributed by atoms with Gasteiger partial charge in [-0.1, -0.05) is 6.92 Å². The average Bonchev–Trinajstić information content (AvgIpc) is 3.27. The van der Waals surface area contributed by atoms with Crippen molar-refractivity contribution >= 4 is 28.2 Å². The zero-order valence-electron chi connectivity index (χ0n) is 16.7. The quantitative estimate of drug-likeness (QED) is 0.513. The number of amides is 1. The lowest BCUT2D eigenvalue weighted by molar-refractivity contribution is -0.123. The number of fused-ring (bicyclic) bond motifs is 1. The number of hydrogen-bond acceptors (Lipinski definition) is 4. The molecule has 3 aromatic rings. The first-order chi connectivity index (χ1) is 14.1. The number of aromatic nitrogens is 3. The maximum Gasteiger partial charge on any atom is 0.405 e. The summed E-state index contributed by atoms with van der Waals surface area (Å²) in [5.41, 5.74) is 2.14. The van der Waals surface area contributed by atoms with Gasteiger partial charge in [-0.3, -0.25) is 9.48 Å². The van der Waals surface area contributed by atoms with Gasteiger partial charge in [0.2, 0.25) is 0 Å². The van der Waals surface area contributed by atoms with Crippen molar-refractivity contribution in [3.63, 3.8) is 0 Å². The number of nitrogens with zero attached hydrogens (tertiary/aromatic N) is 3. The molecule has 10 heteroatoms. The molecule has 1 aromatic carbocycles. The van der Waals surface area contributed by atoms with Crippen LogP contribution in [0.5, 0.6) is 5.88 Å². The molecular weight excluding hydrogens is 399 g/mol. The van der Waals surface area contributed by atoms with E-state index < -0.39 is 18.6 Å². The normalized spacial score (nSPS) is 12.7. The second-order valence-electron chi connectivity index (χ2n) is 7.09. The lowest BCUT2D eigenvalue weighted by Gasteiger charge is -2.09. The number of H-pyrrole nitrogens is 1. The van der Waals surface area contributed by atoms with Crippen molar-refractivity contribution in [3.8, 4) is 5.88 Å². The first kappa shape index (κ1) is 21.4. The molecule has 0 fully saturated rings. The second kappa shape index (κ2) is 8.21. The Hall–Kier alpha value is -3.30. The van der Waals surface area contributed by atoms with E-state index in [4.69, 9.17) is 0 Å². The van der Waals surface area contributed by atoms with Crippen LogP contribution in [0, 0.1) is 0 Å². The molecule has 0 unspecified atom stereocenters. The van der Waals surface area contributed by atoms with Crippen molar-refractivity contribution in [1.82, 2.24) is 20.1 Å². The highest BCUT2D eigenvalue weighted by Gasteiger charge is 2.28. The SMILES string of the molecule is CCC(=Nc1cnn(C(C)C)c1)c1c(O)[nH]c2ccc(C(=O)NCC(F)(F)F)cc12. The van der Waals surface area contributed by atoms with Crippen LogP contribution in [0.1, 0.15) is 49.2 Å². The van der Waals surface area contributed by atoms with Gasteiger partial charge in [0.15, 0.2) is 5.88 Å². The van der Waals surface area contributed by atoms with Gasteiger partial charge >= 0.3 is 6.18 Å². The molecule has 30 heavy (non-hydrogen) atoms. The predicted octanol–water partition coefficient (Wildman–Crippen LogP) is 4.47. The Morgan fingerprint density at radius 1 is 1.37 bits per heavy atom. The average molecular weight is 421 g/mol. The number of alkyl halides is 3. The van der Waals surface area contributed by atoms with Crippen molar-refractivity contribution in [2.45, 2.75) is 39.4 Å². The molecule has 0 aliphatic rings. The third-order valence-electron chi connectivity index (χ3n) is 4.49. The molecule has 1 amide bonds. The maximum absolute atomic E-state index is 12.4. The van der Waals surface area contributed by atoms with E-state index in [0.717, 1.165) is 0 Å². The van der Waals surface area contributed by atoms with Gasteiger partial charge in [0, 0.05) is 22.5 Å². The third-order valence-corrected chi connectivity index (χ3v) is 4.49. The summed E-state index contributed by atoms with van der Waals surface area (Å²) in [7, 11) is 0. The van der Waals surface area contributed by atoms with Crippen molar-refractivity contribution in [2.24, 2.45) is 4.99 Å². The molecule has 0 aliphatic carbocycles. The first-order valence-electron chi connectivity index (χ1n) is 9.40. The van der Waals surface area contributed by atoms with E-state index in [1.165, 1.54) is 18.2 Å². The Bertz CT molecular complexity index is 1100. The van der Waals surface area contributed by atoms with E-state index in [1.807, 2.05) is 26.1 Å². The van der Waals surface area contributed by atoms with E-state index in [-0.39, 0.29) is 17.5 Å². The fourth-order valence-corrected chi connectivity index (χ4v) is 3.03. The number of aromatic hydroxyl groups is 1. The number of hydrogen-bond donors (Lipinski definition) is 3. The van der Waals surface area contributed by atoms with Gasteiger partial charge in [-0.05, 0) is 38.5 Å². The zero-order valence-corrected chi connectivity index (χ0v) is 16.7. The molecule has 0 saturated carbocycles. The number of halogens is 3. The first-order valence-corrected chi connectivity index (χ1v) is 9.40. The summed E-state index contributed by atoms with van der Waals surface area (Å²) in [6.45, 7) is 4.41. The Labute approximate surface area is 170 Å².